The van der Waals surface area contributed by atoms with E-state index in [9.17, 15) is 14.4 Å². The molecule has 4 aliphatic rings. The lowest BCUT2D eigenvalue weighted by Crippen LogP contribution is -2.46. The molecule has 1 heterocycles. The van der Waals surface area contributed by atoms with Gasteiger partial charge in [-0.3, -0.25) is 19.3 Å². The van der Waals surface area contributed by atoms with Gasteiger partial charge in [-0.15, -0.1) is 0 Å². The van der Waals surface area contributed by atoms with Crippen molar-refractivity contribution in [3.63, 3.8) is 0 Å². The molecule has 2 bridgehead atoms. The van der Waals surface area contributed by atoms with Crippen LogP contribution in [0, 0.1) is 29.1 Å². The van der Waals surface area contributed by atoms with E-state index in [4.69, 9.17) is 0 Å². The van der Waals surface area contributed by atoms with Crippen molar-refractivity contribution in [3.05, 3.63) is 12.2 Å². The molecule has 172 valence electrons. The highest BCUT2D eigenvalue weighted by molar-refractivity contribution is 6.07. The van der Waals surface area contributed by atoms with Crippen molar-refractivity contribution in [1.82, 2.24) is 10.2 Å². The fourth-order valence-electron chi connectivity index (χ4n) is 5.04. The Morgan fingerprint density at radius 2 is 1.33 bits per heavy atom. The smallest absolute Gasteiger partial charge is 0.234 e. The largest absolute Gasteiger partial charge is 0.353 e. The predicted molar refractivity (Wildman–Crippen MR) is 123 cm³/mol. The number of nitrogens with zero attached hydrogens (tertiary/aromatic N) is 1. The maximum atomic E-state index is 12.3. The average Bonchev–Trinajstić information content (AvgIpc) is 3.31. The fraction of sp³-hybridized carbons (Fsp3) is 0.800. The van der Waals surface area contributed by atoms with Crippen LogP contribution in [-0.2, 0) is 14.4 Å². The Morgan fingerprint density at radius 1 is 0.900 bits per heavy atom. The van der Waals surface area contributed by atoms with Crippen molar-refractivity contribution in [1.29, 1.82) is 0 Å². The number of carbonyl (C=O) groups is 3. The minimum absolute atomic E-state index is 0. The highest BCUT2D eigenvalue weighted by atomic mass is 16.2. The lowest BCUT2D eigenvalue weighted by molar-refractivity contribution is -0.146. The fourth-order valence-corrected chi connectivity index (χ4v) is 5.04. The molecular weight excluding hydrogens is 376 g/mol. The number of nitrogens with one attached hydrogen (secondary N) is 1. The minimum atomic E-state index is -0.377. The maximum Gasteiger partial charge on any atom is 0.234 e. The van der Waals surface area contributed by atoms with Gasteiger partial charge < -0.3 is 5.32 Å². The van der Waals surface area contributed by atoms with Crippen LogP contribution >= 0.6 is 0 Å². The summed E-state index contributed by atoms with van der Waals surface area (Å²) < 4.78 is 0. The van der Waals surface area contributed by atoms with Gasteiger partial charge in [-0.25, -0.2) is 0 Å². The number of imide groups is 1. The number of fused-ring (bicyclic) bond motifs is 5. The van der Waals surface area contributed by atoms with Crippen LogP contribution in [0.2, 0.25) is 0 Å². The Bertz CT molecular complexity index is 647. The quantitative estimate of drug-likeness (QED) is 0.482. The summed E-state index contributed by atoms with van der Waals surface area (Å²) in [7, 11) is 0. The summed E-state index contributed by atoms with van der Waals surface area (Å²) in [4.78, 5) is 37.6. The number of hydrogen-bond donors (Lipinski definition) is 1. The Labute approximate surface area is 184 Å². The number of amides is 3. The van der Waals surface area contributed by atoms with Gasteiger partial charge in [-0.2, -0.15) is 0 Å². The van der Waals surface area contributed by atoms with E-state index in [1.54, 1.807) is 0 Å². The van der Waals surface area contributed by atoms with Crippen LogP contribution in [-0.4, -0.2) is 34.2 Å². The SMILES string of the molecule is C.C.CC(C)(C)C(=O)NC1CCCC1.CC(C)(C)N1C(=O)C2C3C=CC(C3)C2C1=O. The van der Waals surface area contributed by atoms with Crippen molar-refractivity contribution in [3.8, 4) is 0 Å². The van der Waals surface area contributed by atoms with Crippen LogP contribution < -0.4 is 5.32 Å². The zero-order chi connectivity index (χ0) is 20.9. The molecule has 4 unspecified atom stereocenters. The number of allylic oxidation sites excluding steroid dienone is 2. The monoisotopic (exact) mass is 420 g/mol. The third-order valence-corrected chi connectivity index (χ3v) is 6.51. The van der Waals surface area contributed by atoms with Crippen molar-refractivity contribution >= 4 is 17.7 Å². The van der Waals surface area contributed by atoms with Gasteiger partial charge >= 0.3 is 0 Å². The first-order chi connectivity index (χ1) is 12.9. The zero-order valence-electron chi connectivity index (χ0n) is 18.2. The molecule has 5 heteroatoms. The molecule has 0 aromatic carbocycles. The van der Waals surface area contributed by atoms with Crippen LogP contribution in [0.15, 0.2) is 12.2 Å². The van der Waals surface area contributed by atoms with E-state index in [1.807, 2.05) is 41.5 Å². The normalized spacial score (nSPS) is 29.7. The lowest BCUT2D eigenvalue weighted by Gasteiger charge is -2.31. The van der Waals surface area contributed by atoms with Crippen LogP contribution in [0.5, 0.6) is 0 Å². The Hall–Kier alpha value is -1.65. The van der Waals surface area contributed by atoms with Gasteiger partial charge in [0.15, 0.2) is 0 Å². The molecule has 3 fully saturated rings. The molecular formula is C25H44N2O3. The predicted octanol–water partition coefficient (Wildman–Crippen LogP) is 4.96. The molecule has 3 aliphatic carbocycles. The van der Waals surface area contributed by atoms with Gasteiger partial charge in [-0.05, 0) is 51.9 Å². The molecule has 5 nitrogen and oxygen atoms in total. The molecule has 0 radical (unpaired) electrons. The van der Waals surface area contributed by atoms with Crippen LogP contribution in [0.3, 0.4) is 0 Å². The standard InChI is InChI=1S/C13H17NO2.C10H19NO.2CH4/c1-13(2,3)14-11(15)9-7-4-5-8(6-7)10(9)12(14)16;1-10(2,3)9(12)11-8-6-4-5-7-8;;/h4-5,7-10H,6H2,1-3H3;8H,4-7H2,1-3H3,(H,11,12);2*1H4. The molecule has 1 N–H and O–H groups in total. The van der Waals surface area contributed by atoms with Crippen LogP contribution in [0.4, 0.5) is 0 Å². The van der Waals surface area contributed by atoms with E-state index in [0.29, 0.717) is 17.9 Å². The first-order valence-electron chi connectivity index (χ1n) is 10.8. The van der Waals surface area contributed by atoms with Gasteiger partial charge in [0.25, 0.3) is 0 Å². The van der Waals surface area contributed by atoms with E-state index in [2.05, 4.69) is 17.5 Å². The maximum absolute atomic E-state index is 12.3. The minimum Gasteiger partial charge on any atom is -0.353 e. The van der Waals surface area contributed by atoms with Gasteiger partial charge in [-0.1, -0.05) is 60.6 Å². The highest BCUT2D eigenvalue weighted by Gasteiger charge is 2.60. The Morgan fingerprint density at radius 3 is 1.70 bits per heavy atom. The van der Waals surface area contributed by atoms with Crippen molar-refractivity contribution in [2.24, 2.45) is 29.1 Å². The molecule has 3 amide bonds. The van der Waals surface area contributed by atoms with Gasteiger partial charge in [0, 0.05) is 17.0 Å². The van der Waals surface area contributed by atoms with E-state index >= 15 is 0 Å². The van der Waals surface area contributed by atoms with Gasteiger partial charge in [0.05, 0.1) is 11.8 Å². The number of likely N-dealkylation sites (tertiary alicyclic amines) is 1. The number of hydrogen-bond acceptors (Lipinski definition) is 3. The molecule has 0 spiro atoms. The molecule has 0 aromatic rings. The van der Waals surface area contributed by atoms with Gasteiger partial charge in [0.2, 0.25) is 17.7 Å². The third-order valence-electron chi connectivity index (χ3n) is 6.51. The zero-order valence-corrected chi connectivity index (χ0v) is 18.2. The summed E-state index contributed by atoms with van der Waals surface area (Å²) in [6.45, 7) is 11.7. The first kappa shape index (κ1) is 26.4. The summed E-state index contributed by atoms with van der Waals surface area (Å²) in [5.74, 6) is 0.828. The average molecular weight is 421 g/mol. The molecule has 1 aliphatic heterocycles. The molecule has 4 rings (SSSR count). The first-order valence-corrected chi connectivity index (χ1v) is 10.8. The second-order valence-corrected chi connectivity index (χ2v) is 10.9. The molecule has 0 aromatic heterocycles. The van der Waals surface area contributed by atoms with Crippen molar-refractivity contribution < 1.29 is 14.4 Å². The molecule has 30 heavy (non-hydrogen) atoms. The van der Waals surface area contributed by atoms with Gasteiger partial charge in [0.1, 0.15) is 0 Å². The lowest BCUT2D eigenvalue weighted by atomic mass is 9.85. The highest BCUT2D eigenvalue weighted by Crippen LogP contribution is 2.53. The van der Waals surface area contributed by atoms with E-state index in [0.717, 1.165) is 6.42 Å². The van der Waals surface area contributed by atoms with Crippen LogP contribution in [0.1, 0.15) is 88.5 Å². The summed E-state index contributed by atoms with van der Waals surface area (Å²) in [5, 5.41) is 3.08. The summed E-state index contributed by atoms with van der Waals surface area (Å²) >= 11 is 0. The van der Waals surface area contributed by atoms with E-state index in [1.165, 1.54) is 30.6 Å². The molecule has 2 saturated carbocycles. The second-order valence-electron chi connectivity index (χ2n) is 10.9. The summed E-state index contributed by atoms with van der Waals surface area (Å²) in [6.07, 6.45) is 10.1. The van der Waals surface area contributed by atoms with E-state index in [-0.39, 0.29) is 55.4 Å². The number of rotatable bonds is 1. The Balaban J connectivity index is 0.000000293. The topological polar surface area (TPSA) is 66.5 Å². The Kier molecular flexibility index (Phi) is 8.12. The number of carbonyl (C=O) groups excluding carboxylic acids is 3. The van der Waals surface area contributed by atoms with Crippen molar-refractivity contribution in [2.45, 2.75) is 100 Å². The van der Waals surface area contributed by atoms with Crippen LogP contribution in [0.25, 0.3) is 0 Å². The molecule has 4 atom stereocenters. The summed E-state index contributed by atoms with van der Waals surface area (Å²) in [6, 6.07) is 0.455. The second kappa shape index (κ2) is 9.23. The van der Waals surface area contributed by atoms with E-state index < -0.39 is 0 Å². The third kappa shape index (κ3) is 4.97. The summed E-state index contributed by atoms with van der Waals surface area (Å²) in [5.41, 5.74) is -0.611. The van der Waals surface area contributed by atoms with Crippen molar-refractivity contribution in [2.75, 3.05) is 0 Å². The molecule has 1 saturated heterocycles.